The average molecular weight is 255 g/mol. The van der Waals surface area contributed by atoms with Crippen molar-refractivity contribution in [1.82, 2.24) is 14.7 Å². The Morgan fingerprint density at radius 1 is 1.11 bits per heavy atom. The fraction of sp³-hybridized carbons (Fsp3) is 0.750. The molecule has 1 aliphatic rings. The highest BCUT2D eigenvalue weighted by molar-refractivity contribution is 5.96. The van der Waals surface area contributed by atoms with Crippen LogP contribution in [0.1, 0.15) is 20.3 Å². The molecule has 0 unspecified atom stereocenters. The lowest BCUT2D eigenvalue weighted by atomic mass is 10.2. The highest BCUT2D eigenvalue weighted by atomic mass is 16.2. The van der Waals surface area contributed by atoms with E-state index in [2.05, 4.69) is 0 Å². The zero-order chi connectivity index (χ0) is 13.5. The minimum absolute atomic E-state index is 0.0667. The maximum absolute atomic E-state index is 11.9. The van der Waals surface area contributed by atoms with Crippen LogP contribution in [-0.2, 0) is 14.4 Å². The van der Waals surface area contributed by atoms with Crippen molar-refractivity contribution in [1.29, 1.82) is 0 Å². The van der Waals surface area contributed by atoms with Crippen molar-refractivity contribution in [2.24, 2.45) is 0 Å². The topological polar surface area (TPSA) is 60.9 Å². The number of amides is 3. The van der Waals surface area contributed by atoms with Gasteiger partial charge in [-0.3, -0.25) is 14.4 Å². The van der Waals surface area contributed by atoms with Crippen LogP contribution in [0, 0.1) is 0 Å². The van der Waals surface area contributed by atoms with Gasteiger partial charge in [-0.25, -0.2) is 0 Å². The van der Waals surface area contributed by atoms with Crippen molar-refractivity contribution in [3.8, 4) is 0 Å². The molecule has 0 aromatic heterocycles. The molecule has 0 aromatic rings. The Kier molecular flexibility index (Phi) is 5.61. The lowest BCUT2D eigenvalue weighted by Crippen LogP contribution is -2.49. The normalized spacial score (nSPS) is 15.4. The molecule has 0 aliphatic carbocycles. The minimum atomic E-state index is -0.141. The van der Waals surface area contributed by atoms with E-state index in [1.165, 1.54) is 0 Å². The van der Waals surface area contributed by atoms with Gasteiger partial charge in [0.1, 0.15) is 6.42 Å². The first-order valence-corrected chi connectivity index (χ1v) is 6.37. The maximum Gasteiger partial charge on any atom is 0.232 e. The molecule has 0 bridgehead atoms. The second-order valence-corrected chi connectivity index (χ2v) is 4.26. The van der Waals surface area contributed by atoms with Gasteiger partial charge >= 0.3 is 0 Å². The molecular weight excluding hydrogens is 234 g/mol. The third kappa shape index (κ3) is 3.72. The number of hydrogen-bond acceptors (Lipinski definition) is 3. The van der Waals surface area contributed by atoms with Crippen LogP contribution in [0.25, 0.3) is 0 Å². The van der Waals surface area contributed by atoms with Crippen LogP contribution in [0.4, 0.5) is 0 Å². The van der Waals surface area contributed by atoms with Crippen LogP contribution in [0.5, 0.6) is 0 Å². The summed E-state index contributed by atoms with van der Waals surface area (Å²) >= 11 is 0. The standard InChI is InChI=1S/C12H21N3O3/c1-3-14(4-2)11(17)9-12(18)15-7-5-13(10-16)6-8-15/h10H,3-9H2,1-2H3. The molecule has 0 N–H and O–H groups in total. The molecule has 1 rings (SSSR count). The molecule has 0 spiro atoms. The van der Waals surface area contributed by atoms with Crippen LogP contribution in [-0.4, -0.2) is 72.2 Å². The summed E-state index contributed by atoms with van der Waals surface area (Å²) in [5.41, 5.74) is 0. The van der Waals surface area contributed by atoms with E-state index in [-0.39, 0.29) is 18.2 Å². The molecule has 1 saturated heterocycles. The number of nitrogens with zero attached hydrogens (tertiary/aromatic N) is 3. The molecule has 0 atom stereocenters. The SMILES string of the molecule is CCN(CC)C(=O)CC(=O)N1CCN(C=O)CC1. The van der Waals surface area contributed by atoms with Crippen LogP contribution in [0.3, 0.4) is 0 Å². The van der Waals surface area contributed by atoms with Crippen LogP contribution in [0.2, 0.25) is 0 Å². The summed E-state index contributed by atoms with van der Waals surface area (Å²) in [6.45, 7) is 7.18. The fourth-order valence-corrected chi connectivity index (χ4v) is 2.01. The first kappa shape index (κ1) is 14.5. The number of hydrogen-bond donors (Lipinski definition) is 0. The second kappa shape index (κ2) is 6.98. The van der Waals surface area contributed by atoms with E-state index in [9.17, 15) is 14.4 Å². The molecule has 3 amide bonds. The van der Waals surface area contributed by atoms with E-state index in [4.69, 9.17) is 0 Å². The number of carbonyl (C=O) groups is 3. The average Bonchev–Trinajstić information content (AvgIpc) is 2.40. The zero-order valence-corrected chi connectivity index (χ0v) is 11.1. The van der Waals surface area contributed by atoms with Gasteiger partial charge < -0.3 is 14.7 Å². The summed E-state index contributed by atoms with van der Waals surface area (Å²) in [4.78, 5) is 39.2. The molecular formula is C12H21N3O3. The first-order valence-electron chi connectivity index (χ1n) is 6.37. The summed E-state index contributed by atoms with van der Waals surface area (Å²) in [5, 5.41) is 0. The Labute approximate surface area is 108 Å². The minimum Gasteiger partial charge on any atom is -0.343 e. The van der Waals surface area contributed by atoms with Crippen molar-refractivity contribution in [2.75, 3.05) is 39.3 Å². The molecule has 0 aromatic carbocycles. The van der Waals surface area contributed by atoms with E-state index >= 15 is 0 Å². The Morgan fingerprint density at radius 2 is 1.67 bits per heavy atom. The Morgan fingerprint density at radius 3 is 2.11 bits per heavy atom. The smallest absolute Gasteiger partial charge is 0.232 e. The predicted molar refractivity (Wildman–Crippen MR) is 66.8 cm³/mol. The lowest BCUT2D eigenvalue weighted by molar-refractivity contribution is -0.142. The molecule has 6 heteroatoms. The molecule has 0 radical (unpaired) electrons. The molecule has 1 aliphatic heterocycles. The summed E-state index contributed by atoms with van der Waals surface area (Å²) in [7, 11) is 0. The largest absolute Gasteiger partial charge is 0.343 e. The van der Waals surface area contributed by atoms with Crippen molar-refractivity contribution in [3.05, 3.63) is 0 Å². The summed E-state index contributed by atoms with van der Waals surface area (Å²) in [5.74, 6) is -0.264. The summed E-state index contributed by atoms with van der Waals surface area (Å²) in [6, 6.07) is 0. The van der Waals surface area contributed by atoms with Gasteiger partial charge in [0.15, 0.2) is 0 Å². The molecule has 0 saturated carbocycles. The number of rotatable bonds is 5. The Balaban J connectivity index is 2.41. The van der Waals surface area contributed by atoms with Crippen LogP contribution in [0.15, 0.2) is 0 Å². The molecule has 1 heterocycles. The van der Waals surface area contributed by atoms with Crippen molar-refractivity contribution >= 4 is 18.2 Å². The van der Waals surface area contributed by atoms with Crippen molar-refractivity contribution < 1.29 is 14.4 Å². The highest BCUT2D eigenvalue weighted by Gasteiger charge is 2.23. The molecule has 6 nitrogen and oxygen atoms in total. The van der Waals surface area contributed by atoms with Gasteiger partial charge in [-0.15, -0.1) is 0 Å². The zero-order valence-electron chi connectivity index (χ0n) is 11.1. The monoisotopic (exact) mass is 255 g/mol. The second-order valence-electron chi connectivity index (χ2n) is 4.26. The van der Waals surface area contributed by atoms with E-state index < -0.39 is 0 Å². The molecule has 1 fully saturated rings. The first-order chi connectivity index (χ1) is 8.62. The molecule has 18 heavy (non-hydrogen) atoms. The van der Waals surface area contributed by atoms with Gasteiger partial charge in [0.2, 0.25) is 18.2 Å². The van der Waals surface area contributed by atoms with Gasteiger partial charge in [-0.05, 0) is 13.8 Å². The van der Waals surface area contributed by atoms with Crippen LogP contribution >= 0.6 is 0 Å². The summed E-state index contributed by atoms with van der Waals surface area (Å²) in [6.07, 6.45) is 0.728. The number of carbonyl (C=O) groups excluding carboxylic acids is 3. The van der Waals surface area contributed by atoms with Crippen molar-refractivity contribution in [3.63, 3.8) is 0 Å². The van der Waals surface area contributed by atoms with E-state index in [1.54, 1.807) is 14.7 Å². The van der Waals surface area contributed by atoms with Gasteiger partial charge in [0, 0.05) is 39.3 Å². The van der Waals surface area contributed by atoms with Crippen molar-refractivity contribution in [2.45, 2.75) is 20.3 Å². The quantitative estimate of drug-likeness (QED) is 0.493. The number of piperazine rings is 1. The van der Waals surface area contributed by atoms with E-state index in [0.29, 0.717) is 39.3 Å². The van der Waals surface area contributed by atoms with E-state index in [0.717, 1.165) is 6.41 Å². The van der Waals surface area contributed by atoms with Gasteiger partial charge in [-0.2, -0.15) is 0 Å². The van der Waals surface area contributed by atoms with Gasteiger partial charge in [-0.1, -0.05) is 0 Å². The van der Waals surface area contributed by atoms with Gasteiger partial charge in [0.25, 0.3) is 0 Å². The predicted octanol–water partition coefficient (Wildman–Crippen LogP) is -0.454. The van der Waals surface area contributed by atoms with E-state index in [1.807, 2.05) is 13.8 Å². The third-order valence-electron chi connectivity index (χ3n) is 3.23. The fourth-order valence-electron chi connectivity index (χ4n) is 2.01. The maximum atomic E-state index is 11.9. The highest BCUT2D eigenvalue weighted by Crippen LogP contribution is 2.04. The third-order valence-corrected chi connectivity index (χ3v) is 3.23. The molecule has 102 valence electrons. The lowest BCUT2D eigenvalue weighted by Gasteiger charge is -2.32. The summed E-state index contributed by atoms with van der Waals surface area (Å²) < 4.78 is 0. The van der Waals surface area contributed by atoms with Gasteiger partial charge in [0.05, 0.1) is 0 Å². The Bertz CT molecular complexity index is 308. The van der Waals surface area contributed by atoms with Crippen LogP contribution < -0.4 is 0 Å². The Hall–Kier alpha value is -1.59.